The van der Waals surface area contributed by atoms with Crippen molar-refractivity contribution in [1.29, 1.82) is 0 Å². The summed E-state index contributed by atoms with van der Waals surface area (Å²) in [5.41, 5.74) is 7.58. The molecule has 0 aromatic heterocycles. The molecule has 0 aliphatic carbocycles. The molecule has 8 heteroatoms. The lowest BCUT2D eigenvalue weighted by Gasteiger charge is -2.13. The molecule has 2 aromatic rings. The van der Waals surface area contributed by atoms with Crippen LogP contribution in [0.2, 0.25) is 0 Å². The zero-order valence-corrected chi connectivity index (χ0v) is 13.5. The molecule has 0 atom stereocenters. The van der Waals surface area contributed by atoms with Gasteiger partial charge in [0.15, 0.2) is 0 Å². The van der Waals surface area contributed by atoms with Crippen LogP contribution in [-0.4, -0.2) is 6.36 Å². The minimum absolute atomic E-state index is 0.181. The van der Waals surface area contributed by atoms with Crippen LogP contribution in [0.5, 0.6) is 5.75 Å². The Morgan fingerprint density at radius 2 is 1.76 bits per heavy atom. The Kier molecular flexibility index (Phi) is 4.67. The highest BCUT2D eigenvalue weighted by Crippen LogP contribution is 2.34. The number of nitrogen functional groups attached to an aromatic ring is 1. The Labute approximate surface area is 135 Å². The summed E-state index contributed by atoms with van der Waals surface area (Å²) < 4.78 is 41.4. The van der Waals surface area contributed by atoms with E-state index in [2.05, 4.69) is 41.9 Å². The average Bonchev–Trinajstić information content (AvgIpc) is 2.35. The first-order valence-corrected chi connectivity index (χ1v) is 7.20. The molecule has 0 bridgehead atoms. The number of alkyl halides is 3. The summed E-state index contributed by atoms with van der Waals surface area (Å²) in [7, 11) is 0. The van der Waals surface area contributed by atoms with Crippen molar-refractivity contribution in [2.24, 2.45) is 0 Å². The second-order valence-electron chi connectivity index (χ2n) is 4.05. The number of nitrogens with one attached hydrogen (secondary N) is 1. The van der Waals surface area contributed by atoms with Crippen LogP contribution in [0.4, 0.5) is 30.2 Å². The molecule has 112 valence electrons. The molecule has 3 nitrogen and oxygen atoms in total. The highest BCUT2D eigenvalue weighted by Gasteiger charge is 2.31. The molecule has 21 heavy (non-hydrogen) atoms. The van der Waals surface area contributed by atoms with Crippen LogP contribution < -0.4 is 15.8 Å². The lowest BCUT2D eigenvalue weighted by atomic mass is 10.2. The molecule has 0 amide bonds. The second-order valence-corrected chi connectivity index (χ2v) is 5.82. The molecule has 0 saturated carbocycles. The van der Waals surface area contributed by atoms with Crippen LogP contribution in [0.3, 0.4) is 0 Å². The van der Waals surface area contributed by atoms with Crippen LogP contribution in [0, 0.1) is 0 Å². The summed E-state index contributed by atoms with van der Waals surface area (Å²) in [5.74, 6) is -0.308. The predicted molar refractivity (Wildman–Crippen MR) is 82.7 cm³/mol. The number of benzene rings is 2. The van der Waals surface area contributed by atoms with E-state index in [9.17, 15) is 13.2 Å². The van der Waals surface area contributed by atoms with Gasteiger partial charge in [-0.1, -0.05) is 15.9 Å². The van der Waals surface area contributed by atoms with Crippen LogP contribution >= 0.6 is 31.9 Å². The van der Waals surface area contributed by atoms with Crippen molar-refractivity contribution in [1.82, 2.24) is 0 Å². The van der Waals surface area contributed by atoms with E-state index in [1.54, 1.807) is 18.2 Å². The van der Waals surface area contributed by atoms with Crippen molar-refractivity contribution < 1.29 is 17.9 Å². The van der Waals surface area contributed by atoms with Gasteiger partial charge >= 0.3 is 6.36 Å². The van der Waals surface area contributed by atoms with E-state index in [4.69, 9.17) is 5.73 Å². The van der Waals surface area contributed by atoms with Gasteiger partial charge in [-0.15, -0.1) is 13.2 Å². The van der Waals surface area contributed by atoms with Gasteiger partial charge in [0.1, 0.15) is 5.75 Å². The molecule has 0 saturated heterocycles. The van der Waals surface area contributed by atoms with E-state index in [1.807, 2.05) is 0 Å². The van der Waals surface area contributed by atoms with E-state index in [1.165, 1.54) is 18.2 Å². The van der Waals surface area contributed by atoms with E-state index >= 15 is 0 Å². The molecule has 0 unspecified atom stereocenters. The van der Waals surface area contributed by atoms with Crippen molar-refractivity contribution in [2.75, 3.05) is 11.1 Å². The van der Waals surface area contributed by atoms with Crippen molar-refractivity contribution >= 4 is 48.9 Å². The quantitative estimate of drug-likeness (QED) is 0.644. The number of hydrogen-bond donors (Lipinski definition) is 2. The number of halogens is 5. The fraction of sp³-hybridized carbons (Fsp3) is 0.0769. The monoisotopic (exact) mass is 424 g/mol. The molecule has 0 spiro atoms. The van der Waals surface area contributed by atoms with Crippen molar-refractivity contribution in [3.8, 4) is 5.75 Å². The minimum Gasteiger partial charge on any atom is -0.405 e. The SMILES string of the molecule is Nc1cc(Br)ccc1Nc1ccc(OC(F)(F)F)c(Br)c1. The predicted octanol–water partition coefficient (Wildman–Crippen LogP) is 5.44. The van der Waals surface area contributed by atoms with Crippen LogP contribution in [0.25, 0.3) is 0 Å². The summed E-state index contributed by atoms with van der Waals surface area (Å²) >= 11 is 6.33. The minimum atomic E-state index is -4.73. The maximum absolute atomic E-state index is 12.2. The van der Waals surface area contributed by atoms with Gasteiger partial charge in [-0.3, -0.25) is 0 Å². The third kappa shape index (κ3) is 4.53. The first-order valence-electron chi connectivity index (χ1n) is 5.62. The highest BCUT2D eigenvalue weighted by molar-refractivity contribution is 9.10. The van der Waals surface area contributed by atoms with Gasteiger partial charge in [-0.2, -0.15) is 0 Å². The summed E-state index contributed by atoms with van der Waals surface area (Å²) in [6.07, 6.45) is -4.73. The van der Waals surface area contributed by atoms with Crippen molar-refractivity contribution in [3.05, 3.63) is 45.3 Å². The van der Waals surface area contributed by atoms with Gasteiger partial charge in [-0.25, -0.2) is 0 Å². The molecular weight excluding hydrogens is 417 g/mol. The van der Waals surface area contributed by atoms with Crippen molar-refractivity contribution in [3.63, 3.8) is 0 Å². The maximum Gasteiger partial charge on any atom is 0.573 e. The summed E-state index contributed by atoms with van der Waals surface area (Å²) in [5, 5.41) is 3.02. The van der Waals surface area contributed by atoms with Crippen LogP contribution in [0.1, 0.15) is 0 Å². The fourth-order valence-corrected chi connectivity index (χ4v) is 2.43. The highest BCUT2D eigenvalue weighted by atomic mass is 79.9. The molecule has 0 fully saturated rings. The molecular formula is C13H9Br2F3N2O. The Bertz CT molecular complexity index is 662. The zero-order valence-electron chi connectivity index (χ0n) is 10.3. The molecule has 0 aliphatic rings. The summed E-state index contributed by atoms with van der Waals surface area (Å²) in [6, 6.07) is 9.44. The Balaban J connectivity index is 2.20. The Hall–Kier alpha value is -1.41. The average molecular weight is 426 g/mol. The molecule has 0 heterocycles. The van der Waals surface area contributed by atoms with E-state index in [-0.39, 0.29) is 10.2 Å². The largest absolute Gasteiger partial charge is 0.573 e. The number of anilines is 3. The molecule has 0 aliphatic heterocycles. The second kappa shape index (κ2) is 6.15. The molecule has 2 rings (SSSR count). The van der Waals surface area contributed by atoms with Gasteiger partial charge < -0.3 is 15.8 Å². The third-order valence-corrected chi connectivity index (χ3v) is 3.56. The lowest BCUT2D eigenvalue weighted by molar-refractivity contribution is -0.274. The zero-order chi connectivity index (χ0) is 15.6. The third-order valence-electron chi connectivity index (χ3n) is 2.45. The first kappa shape index (κ1) is 16.0. The lowest BCUT2D eigenvalue weighted by Crippen LogP contribution is -2.17. The summed E-state index contributed by atoms with van der Waals surface area (Å²) in [4.78, 5) is 0. The number of hydrogen-bond acceptors (Lipinski definition) is 3. The number of nitrogens with two attached hydrogens (primary N) is 1. The fourth-order valence-electron chi connectivity index (χ4n) is 1.59. The van der Waals surface area contributed by atoms with E-state index < -0.39 is 6.36 Å². The van der Waals surface area contributed by atoms with Gasteiger partial charge in [0, 0.05) is 10.2 Å². The van der Waals surface area contributed by atoms with Crippen LogP contribution in [-0.2, 0) is 0 Å². The molecule has 2 aromatic carbocycles. The number of rotatable bonds is 3. The maximum atomic E-state index is 12.2. The van der Waals surface area contributed by atoms with Gasteiger partial charge in [-0.05, 0) is 52.3 Å². The van der Waals surface area contributed by atoms with E-state index in [0.717, 1.165) is 4.47 Å². The first-order chi connectivity index (χ1) is 9.74. The topological polar surface area (TPSA) is 47.3 Å². The van der Waals surface area contributed by atoms with Crippen molar-refractivity contribution in [2.45, 2.75) is 6.36 Å². The standard InChI is InChI=1S/C13H9Br2F3N2O/c14-7-1-3-11(10(19)5-7)20-8-2-4-12(9(15)6-8)21-13(16,17)18/h1-6,20H,19H2. The normalized spacial score (nSPS) is 11.3. The molecule has 3 N–H and O–H groups in total. The Morgan fingerprint density at radius 1 is 1.05 bits per heavy atom. The number of ether oxygens (including phenoxy) is 1. The smallest absolute Gasteiger partial charge is 0.405 e. The van der Waals surface area contributed by atoms with Crippen LogP contribution in [0.15, 0.2) is 45.3 Å². The molecule has 0 radical (unpaired) electrons. The van der Waals surface area contributed by atoms with Gasteiger partial charge in [0.25, 0.3) is 0 Å². The summed E-state index contributed by atoms with van der Waals surface area (Å²) in [6.45, 7) is 0. The van der Waals surface area contributed by atoms with Gasteiger partial charge in [0.05, 0.1) is 15.8 Å². The van der Waals surface area contributed by atoms with Gasteiger partial charge in [0.2, 0.25) is 0 Å². The van der Waals surface area contributed by atoms with E-state index in [0.29, 0.717) is 17.1 Å². The Morgan fingerprint density at radius 3 is 2.33 bits per heavy atom.